The van der Waals surface area contributed by atoms with Crippen LogP contribution in [0.2, 0.25) is 0 Å². The van der Waals surface area contributed by atoms with Crippen LogP contribution in [-0.4, -0.2) is 21.0 Å². The number of hydrogen-bond acceptors (Lipinski definition) is 2. The van der Waals surface area contributed by atoms with Crippen LogP contribution in [0, 0.1) is 0 Å². The van der Waals surface area contributed by atoms with E-state index in [-0.39, 0.29) is 5.56 Å². The molecule has 0 saturated heterocycles. The molecule has 2 N–H and O–H groups in total. The molecule has 0 spiro atoms. The minimum Gasteiger partial charge on any atom is -0.478 e. The van der Waals surface area contributed by atoms with Crippen LogP contribution in [-0.2, 0) is 0 Å². The fourth-order valence-electron chi connectivity index (χ4n) is 1.99. The molecule has 19 heavy (non-hydrogen) atoms. The molecule has 0 aliphatic carbocycles. The predicted molar refractivity (Wildman–Crippen MR) is 76.2 cm³/mol. The van der Waals surface area contributed by atoms with Crippen LogP contribution in [0.1, 0.15) is 10.4 Å². The number of hydrogen-bond donors (Lipinski definition) is 2. The molecule has 4 nitrogen and oxygen atoms in total. The molecule has 2 aromatic carbocycles. The molecule has 0 unspecified atom stereocenters. The van der Waals surface area contributed by atoms with Gasteiger partial charge >= 0.3 is 5.97 Å². The summed E-state index contributed by atoms with van der Waals surface area (Å²) in [5, 5.41) is 9.20. The lowest BCUT2D eigenvalue weighted by molar-refractivity contribution is 0.0697. The molecule has 0 amide bonds. The smallest absolute Gasteiger partial charge is 0.336 e. The fraction of sp³-hybridized carbons (Fsp3) is 0. The topological polar surface area (TPSA) is 66.0 Å². The number of halogens is 1. The van der Waals surface area contributed by atoms with Crippen molar-refractivity contribution in [1.82, 2.24) is 9.97 Å². The van der Waals surface area contributed by atoms with Gasteiger partial charge in [0.1, 0.15) is 5.82 Å². The second-order valence-corrected chi connectivity index (χ2v) is 5.01. The van der Waals surface area contributed by atoms with E-state index in [0.29, 0.717) is 11.4 Å². The normalized spacial score (nSPS) is 10.8. The van der Waals surface area contributed by atoms with Crippen molar-refractivity contribution in [3.05, 3.63) is 52.5 Å². The zero-order chi connectivity index (χ0) is 13.4. The van der Waals surface area contributed by atoms with Crippen LogP contribution < -0.4 is 0 Å². The number of aromatic amines is 1. The molecule has 3 aromatic rings. The number of H-pyrrole nitrogens is 1. The van der Waals surface area contributed by atoms with Crippen molar-refractivity contribution in [1.29, 1.82) is 0 Å². The van der Waals surface area contributed by atoms with Gasteiger partial charge in [0.25, 0.3) is 0 Å². The van der Waals surface area contributed by atoms with Crippen molar-refractivity contribution >= 4 is 32.9 Å². The van der Waals surface area contributed by atoms with E-state index in [9.17, 15) is 9.90 Å². The average molecular weight is 317 g/mol. The van der Waals surface area contributed by atoms with Gasteiger partial charge in [-0.15, -0.1) is 0 Å². The Morgan fingerprint density at radius 1 is 1.21 bits per heavy atom. The molecule has 0 bridgehead atoms. The van der Waals surface area contributed by atoms with Crippen LogP contribution in [0.25, 0.3) is 22.4 Å². The first-order chi connectivity index (χ1) is 9.15. The molecule has 0 atom stereocenters. The summed E-state index contributed by atoms with van der Waals surface area (Å²) in [5.41, 5.74) is 2.49. The minimum atomic E-state index is -0.961. The highest BCUT2D eigenvalue weighted by molar-refractivity contribution is 9.10. The molecule has 1 aromatic heterocycles. The highest BCUT2D eigenvalue weighted by atomic mass is 79.9. The fourth-order valence-corrected chi connectivity index (χ4v) is 2.35. The summed E-state index contributed by atoms with van der Waals surface area (Å²) < 4.78 is 0.946. The Balaban J connectivity index is 2.22. The third-order valence-corrected chi connectivity index (χ3v) is 3.35. The maximum absolute atomic E-state index is 11.2. The summed E-state index contributed by atoms with van der Waals surface area (Å²) in [4.78, 5) is 18.8. The first kappa shape index (κ1) is 11.9. The van der Waals surface area contributed by atoms with E-state index in [4.69, 9.17) is 0 Å². The van der Waals surface area contributed by atoms with Gasteiger partial charge in [-0.2, -0.15) is 0 Å². The molecule has 0 aliphatic rings. The number of aromatic carboxylic acids is 1. The van der Waals surface area contributed by atoms with Crippen molar-refractivity contribution in [3.8, 4) is 11.4 Å². The maximum Gasteiger partial charge on any atom is 0.336 e. The number of benzene rings is 2. The van der Waals surface area contributed by atoms with Gasteiger partial charge < -0.3 is 10.1 Å². The number of carbonyl (C=O) groups is 1. The van der Waals surface area contributed by atoms with E-state index in [2.05, 4.69) is 25.9 Å². The Kier molecular flexibility index (Phi) is 2.83. The quantitative estimate of drug-likeness (QED) is 0.757. The standard InChI is InChI=1S/C14H9BrN2O2/c15-8-5-6-11-12(7-8)17-13(16-11)9-3-1-2-4-10(9)14(18)19/h1-7H,(H,16,17)(H,18,19). The summed E-state index contributed by atoms with van der Waals surface area (Å²) in [6, 6.07) is 12.5. The Morgan fingerprint density at radius 3 is 2.79 bits per heavy atom. The number of rotatable bonds is 2. The molecule has 94 valence electrons. The molecule has 1 heterocycles. The van der Waals surface area contributed by atoms with Crippen molar-refractivity contribution in [3.63, 3.8) is 0 Å². The Morgan fingerprint density at radius 2 is 2.00 bits per heavy atom. The number of fused-ring (bicyclic) bond motifs is 1. The van der Waals surface area contributed by atoms with Gasteiger partial charge in [-0.3, -0.25) is 0 Å². The Hall–Kier alpha value is -2.14. The zero-order valence-electron chi connectivity index (χ0n) is 9.72. The summed E-state index contributed by atoms with van der Waals surface area (Å²) in [6.45, 7) is 0. The third-order valence-electron chi connectivity index (χ3n) is 2.86. The summed E-state index contributed by atoms with van der Waals surface area (Å²) in [6.07, 6.45) is 0. The van der Waals surface area contributed by atoms with E-state index in [1.54, 1.807) is 24.3 Å². The van der Waals surface area contributed by atoms with Crippen molar-refractivity contribution in [2.24, 2.45) is 0 Å². The largest absolute Gasteiger partial charge is 0.478 e. The van der Waals surface area contributed by atoms with Gasteiger partial charge in [0, 0.05) is 10.0 Å². The molecular weight excluding hydrogens is 308 g/mol. The number of nitrogens with zero attached hydrogens (tertiary/aromatic N) is 1. The highest BCUT2D eigenvalue weighted by Gasteiger charge is 2.13. The van der Waals surface area contributed by atoms with Gasteiger partial charge in [-0.1, -0.05) is 34.1 Å². The monoisotopic (exact) mass is 316 g/mol. The van der Waals surface area contributed by atoms with E-state index >= 15 is 0 Å². The highest BCUT2D eigenvalue weighted by Crippen LogP contribution is 2.25. The SMILES string of the molecule is O=C(O)c1ccccc1-c1nc2ccc(Br)cc2[nH]1. The Labute approximate surface area is 117 Å². The lowest BCUT2D eigenvalue weighted by Crippen LogP contribution is -1.99. The summed E-state index contributed by atoms with van der Waals surface area (Å²) in [5.74, 6) is -0.400. The number of imidazole rings is 1. The summed E-state index contributed by atoms with van der Waals surface area (Å²) in [7, 11) is 0. The maximum atomic E-state index is 11.2. The molecule has 3 rings (SSSR count). The molecule has 0 aliphatic heterocycles. The molecule has 5 heteroatoms. The van der Waals surface area contributed by atoms with E-state index < -0.39 is 5.97 Å². The van der Waals surface area contributed by atoms with Gasteiger partial charge in [-0.05, 0) is 24.3 Å². The van der Waals surface area contributed by atoms with Crippen molar-refractivity contribution in [2.75, 3.05) is 0 Å². The van der Waals surface area contributed by atoms with E-state index in [1.165, 1.54) is 0 Å². The van der Waals surface area contributed by atoms with Crippen LogP contribution in [0.5, 0.6) is 0 Å². The average Bonchev–Trinajstić information content (AvgIpc) is 2.81. The summed E-state index contributed by atoms with van der Waals surface area (Å²) >= 11 is 3.39. The predicted octanol–water partition coefficient (Wildman–Crippen LogP) is 3.69. The third kappa shape index (κ3) is 2.13. The second-order valence-electron chi connectivity index (χ2n) is 4.10. The number of carboxylic acid groups (broad SMARTS) is 1. The van der Waals surface area contributed by atoms with Gasteiger partial charge in [0.2, 0.25) is 0 Å². The van der Waals surface area contributed by atoms with Crippen LogP contribution in [0.4, 0.5) is 0 Å². The number of nitrogens with one attached hydrogen (secondary N) is 1. The van der Waals surface area contributed by atoms with E-state index in [0.717, 1.165) is 15.5 Å². The minimum absolute atomic E-state index is 0.237. The Bertz CT molecular complexity index is 780. The van der Waals surface area contributed by atoms with Gasteiger partial charge in [0.05, 0.1) is 16.6 Å². The lowest BCUT2D eigenvalue weighted by Gasteiger charge is -2.01. The molecule has 0 saturated carbocycles. The lowest BCUT2D eigenvalue weighted by atomic mass is 10.1. The van der Waals surface area contributed by atoms with Gasteiger partial charge in [-0.25, -0.2) is 9.78 Å². The second kappa shape index (κ2) is 4.51. The van der Waals surface area contributed by atoms with Crippen molar-refractivity contribution in [2.45, 2.75) is 0 Å². The molecule has 0 radical (unpaired) electrons. The zero-order valence-corrected chi connectivity index (χ0v) is 11.3. The number of aromatic nitrogens is 2. The van der Waals surface area contributed by atoms with Crippen LogP contribution in [0.15, 0.2) is 46.9 Å². The molecule has 0 fully saturated rings. The first-order valence-electron chi connectivity index (χ1n) is 5.63. The van der Waals surface area contributed by atoms with E-state index in [1.807, 2.05) is 18.2 Å². The van der Waals surface area contributed by atoms with Crippen molar-refractivity contribution < 1.29 is 9.90 Å². The van der Waals surface area contributed by atoms with Gasteiger partial charge in [0.15, 0.2) is 0 Å². The molecular formula is C14H9BrN2O2. The number of carboxylic acids is 1. The first-order valence-corrected chi connectivity index (χ1v) is 6.42. The van der Waals surface area contributed by atoms with Crippen LogP contribution >= 0.6 is 15.9 Å². The van der Waals surface area contributed by atoms with Crippen LogP contribution in [0.3, 0.4) is 0 Å².